The van der Waals surface area contributed by atoms with Gasteiger partial charge in [0.05, 0.1) is 0 Å². The van der Waals surface area contributed by atoms with Crippen LogP contribution >= 0.6 is 0 Å². The predicted octanol–water partition coefficient (Wildman–Crippen LogP) is 4.43. The Bertz CT molecular complexity index is 437. The van der Waals surface area contributed by atoms with E-state index in [9.17, 15) is 8.78 Å². The summed E-state index contributed by atoms with van der Waals surface area (Å²) in [5.41, 5.74) is 0. The van der Waals surface area contributed by atoms with Crippen molar-refractivity contribution in [2.75, 3.05) is 6.54 Å². The van der Waals surface area contributed by atoms with E-state index in [1.807, 2.05) is 0 Å². The Hall–Kier alpha value is -1.16. The molecule has 2 nitrogen and oxygen atoms in total. The van der Waals surface area contributed by atoms with Crippen LogP contribution in [-0.4, -0.2) is 18.7 Å². The Balaban J connectivity index is 2.08. The summed E-state index contributed by atoms with van der Waals surface area (Å²) in [4.78, 5) is 0. The molecule has 0 heterocycles. The van der Waals surface area contributed by atoms with Crippen molar-refractivity contribution in [2.45, 2.75) is 64.0 Å². The third-order valence-corrected chi connectivity index (χ3v) is 4.03. The third-order valence-electron chi connectivity index (χ3n) is 4.03. The normalized spacial score (nSPS) is 23.4. The first-order chi connectivity index (χ1) is 10.2. The van der Waals surface area contributed by atoms with Gasteiger partial charge in [-0.05, 0) is 44.4 Å². The lowest BCUT2D eigenvalue weighted by molar-refractivity contribution is 0.121. The van der Waals surface area contributed by atoms with Crippen LogP contribution in [0.5, 0.6) is 5.75 Å². The van der Waals surface area contributed by atoms with E-state index >= 15 is 0 Å². The number of hydrogen-bond acceptors (Lipinski definition) is 2. The molecule has 1 aromatic carbocycles. The molecule has 1 N–H and O–H groups in total. The fraction of sp³-hybridized carbons (Fsp3) is 0.647. The standard InChI is InChI=1S/C17H25F2NO/c1-2-11-20-15-7-5-3-4-6-8-16(15)21-17-12-13(18)9-10-14(17)19/h9-10,12,15-16,20H,2-8,11H2,1H3. The summed E-state index contributed by atoms with van der Waals surface area (Å²) < 4.78 is 32.9. The van der Waals surface area contributed by atoms with Crippen LogP contribution < -0.4 is 10.1 Å². The highest BCUT2D eigenvalue weighted by Gasteiger charge is 2.25. The summed E-state index contributed by atoms with van der Waals surface area (Å²) in [6, 6.07) is 3.60. The third kappa shape index (κ3) is 4.95. The monoisotopic (exact) mass is 297 g/mol. The van der Waals surface area contributed by atoms with Crippen LogP contribution in [0.15, 0.2) is 18.2 Å². The molecule has 0 spiro atoms. The van der Waals surface area contributed by atoms with Gasteiger partial charge in [0, 0.05) is 12.1 Å². The van der Waals surface area contributed by atoms with Crippen LogP contribution in [0.4, 0.5) is 8.78 Å². The van der Waals surface area contributed by atoms with Crippen molar-refractivity contribution in [1.29, 1.82) is 0 Å². The Morgan fingerprint density at radius 1 is 1.14 bits per heavy atom. The Morgan fingerprint density at radius 2 is 1.90 bits per heavy atom. The lowest BCUT2D eigenvalue weighted by Gasteiger charge is -2.30. The highest BCUT2D eigenvalue weighted by molar-refractivity contribution is 5.25. The molecule has 4 heteroatoms. The molecule has 21 heavy (non-hydrogen) atoms. The number of hydrogen-bond donors (Lipinski definition) is 1. The van der Waals surface area contributed by atoms with Gasteiger partial charge in [0.2, 0.25) is 0 Å². The molecule has 118 valence electrons. The molecular formula is C17H25F2NO. The molecule has 1 aromatic rings. The molecule has 0 aliphatic heterocycles. The van der Waals surface area contributed by atoms with Crippen molar-refractivity contribution in [3.8, 4) is 5.75 Å². The van der Waals surface area contributed by atoms with E-state index in [0.717, 1.165) is 56.8 Å². The van der Waals surface area contributed by atoms with Crippen molar-refractivity contribution in [3.05, 3.63) is 29.8 Å². The maximum Gasteiger partial charge on any atom is 0.165 e. The van der Waals surface area contributed by atoms with E-state index in [4.69, 9.17) is 4.74 Å². The molecule has 2 rings (SSSR count). The molecule has 0 saturated heterocycles. The Kier molecular flexibility index (Phi) is 6.43. The lowest BCUT2D eigenvalue weighted by Crippen LogP contribution is -2.44. The molecule has 1 fully saturated rings. The van der Waals surface area contributed by atoms with Crippen molar-refractivity contribution in [1.82, 2.24) is 5.32 Å². The number of rotatable bonds is 5. The summed E-state index contributed by atoms with van der Waals surface area (Å²) in [6.07, 6.45) is 7.54. The van der Waals surface area contributed by atoms with Gasteiger partial charge in [-0.1, -0.05) is 26.2 Å². The minimum atomic E-state index is -0.493. The highest BCUT2D eigenvalue weighted by Crippen LogP contribution is 2.25. The predicted molar refractivity (Wildman–Crippen MR) is 80.6 cm³/mol. The largest absolute Gasteiger partial charge is 0.486 e. The first kappa shape index (κ1) is 16.2. The second-order valence-electron chi connectivity index (χ2n) is 5.78. The molecule has 2 unspecified atom stereocenters. The highest BCUT2D eigenvalue weighted by atomic mass is 19.1. The lowest BCUT2D eigenvalue weighted by atomic mass is 9.94. The zero-order valence-corrected chi connectivity index (χ0v) is 12.7. The summed E-state index contributed by atoms with van der Waals surface area (Å²) in [6.45, 7) is 3.05. The Labute approximate surface area is 125 Å². The van der Waals surface area contributed by atoms with Crippen molar-refractivity contribution in [2.24, 2.45) is 0 Å². The minimum Gasteiger partial charge on any atom is -0.486 e. The fourth-order valence-corrected chi connectivity index (χ4v) is 2.89. The van der Waals surface area contributed by atoms with Gasteiger partial charge in [-0.2, -0.15) is 0 Å². The van der Waals surface area contributed by atoms with Crippen molar-refractivity contribution < 1.29 is 13.5 Å². The molecule has 1 aliphatic rings. The summed E-state index contributed by atoms with van der Waals surface area (Å²) in [7, 11) is 0. The average molecular weight is 297 g/mol. The molecule has 0 radical (unpaired) electrons. The minimum absolute atomic E-state index is 0.0314. The zero-order valence-electron chi connectivity index (χ0n) is 12.7. The van der Waals surface area contributed by atoms with Crippen LogP contribution in [0.1, 0.15) is 51.9 Å². The zero-order chi connectivity index (χ0) is 15.1. The van der Waals surface area contributed by atoms with Crippen LogP contribution in [0.25, 0.3) is 0 Å². The SMILES string of the molecule is CCCNC1CCCCCCC1Oc1cc(F)ccc1F. The average Bonchev–Trinajstić information content (AvgIpc) is 2.45. The van der Waals surface area contributed by atoms with E-state index in [2.05, 4.69) is 12.2 Å². The summed E-state index contributed by atoms with van der Waals surface area (Å²) in [5.74, 6) is -0.924. The second-order valence-corrected chi connectivity index (χ2v) is 5.78. The maximum atomic E-state index is 13.8. The van der Waals surface area contributed by atoms with Gasteiger partial charge in [-0.3, -0.25) is 0 Å². The molecule has 1 saturated carbocycles. The van der Waals surface area contributed by atoms with Gasteiger partial charge in [0.1, 0.15) is 11.9 Å². The first-order valence-electron chi connectivity index (χ1n) is 8.05. The Morgan fingerprint density at radius 3 is 2.67 bits per heavy atom. The smallest absolute Gasteiger partial charge is 0.165 e. The van der Waals surface area contributed by atoms with E-state index in [1.54, 1.807) is 0 Å². The van der Waals surface area contributed by atoms with E-state index in [0.29, 0.717) is 0 Å². The number of benzene rings is 1. The van der Waals surface area contributed by atoms with Gasteiger partial charge in [0.15, 0.2) is 11.6 Å². The van der Waals surface area contributed by atoms with Crippen LogP contribution in [0.2, 0.25) is 0 Å². The maximum absolute atomic E-state index is 13.8. The van der Waals surface area contributed by atoms with E-state index < -0.39 is 11.6 Å². The first-order valence-corrected chi connectivity index (χ1v) is 8.05. The fourth-order valence-electron chi connectivity index (χ4n) is 2.89. The van der Waals surface area contributed by atoms with Gasteiger partial charge in [-0.25, -0.2) is 8.78 Å². The van der Waals surface area contributed by atoms with Crippen molar-refractivity contribution in [3.63, 3.8) is 0 Å². The van der Waals surface area contributed by atoms with Crippen LogP contribution in [0, 0.1) is 11.6 Å². The molecule has 0 aromatic heterocycles. The van der Waals surface area contributed by atoms with E-state index in [-0.39, 0.29) is 17.9 Å². The molecule has 0 bridgehead atoms. The van der Waals surface area contributed by atoms with Gasteiger partial charge in [-0.15, -0.1) is 0 Å². The quantitative estimate of drug-likeness (QED) is 0.868. The van der Waals surface area contributed by atoms with Crippen LogP contribution in [0.3, 0.4) is 0 Å². The molecule has 2 atom stereocenters. The van der Waals surface area contributed by atoms with Crippen molar-refractivity contribution >= 4 is 0 Å². The van der Waals surface area contributed by atoms with Gasteiger partial charge in [0.25, 0.3) is 0 Å². The molecular weight excluding hydrogens is 272 g/mol. The van der Waals surface area contributed by atoms with Crippen LogP contribution in [-0.2, 0) is 0 Å². The molecule has 0 amide bonds. The van der Waals surface area contributed by atoms with E-state index in [1.165, 1.54) is 12.8 Å². The topological polar surface area (TPSA) is 21.3 Å². The summed E-state index contributed by atoms with van der Waals surface area (Å²) in [5, 5.41) is 3.50. The number of ether oxygens (including phenoxy) is 1. The van der Waals surface area contributed by atoms with Gasteiger partial charge >= 0.3 is 0 Å². The van der Waals surface area contributed by atoms with Gasteiger partial charge < -0.3 is 10.1 Å². The number of nitrogens with one attached hydrogen (secondary N) is 1. The molecule has 1 aliphatic carbocycles. The summed E-state index contributed by atoms with van der Waals surface area (Å²) >= 11 is 0. The second kappa shape index (κ2) is 8.32. The number of halogens is 2.